The van der Waals surface area contributed by atoms with E-state index in [9.17, 15) is 9.59 Å². The maximum atomic E-state index is 12.3. The Labute approximate surface area is 177 Å². The summed E-state index contributed by atoms with van der Waals surface area (Å²) in [6, 6.07) is 10.7. The molecule has 0 aromatic heterocycles. The van der Waals surface area contributed by atoms with Gasteiger partial charge in [-0.2, -0.15) is 0 Å². The zero-order valence-corrected chi connectivity index (χ0v) is 17.5. The first-order valence-corrected chi connectivity index (χ1v) is 10.00. The Hall–Kier alpha value is -2.15. The summed E-state index contributed by atoms with van der Waals surface area (Å²) in [6.45, 7) is 2.39. The Balaban J connectivity index is 1.83. The second-order valence-corrected chi connectivity index (χ2v) is 7.71. The number of hydrogen-bond acceptors (Lipinski definition) is 5. The van der Waals surface area contributed by atoms with Gasteiger partial charge in [0.05, 0.1) is 17.0 Å². The van der Waals surface area contributed by atoms with E-state index in [2.05, 4.69) is 0 Å². The van der Waals surface area contributed by atoms with E-state index in [0.29, 0.717) is 45.2 Å². The molecule has 0 atom stereocenters. The molecule has 0 saturated carbocycles. The molecule has 8 heteroatoms. The second-order valence-electron chi connectivity index (χ2n) is 5.88. The summed E-state index contributed by atoms with van der Waals surface area (Å²) >= 11 is 13.2. The van der Waals surface area contributed by atoms with Crippen LogP contribution in [0.15, 0.2) is 41.3 Å². The highest BCUT2D eigenvalue weighted by molar-refractivity contribution is 8.18. The summed E-state index contributed by atoms with van der Waals surface area (Å²) < 4.78 is 11.2. The van der Waals surface area contributed by atoms with E-state index in [1.807, 2.05) is 12.1 Å². The van der Waals surface area contributed by atoms with Gasteiger partial charge < -0.3 is 9.47 Å². The lowest BCUT2D eigenvalue weighted by atomic mass is 10.1. The molecule has 1 heterocycles. The third kappa shape index (κ3) is 4.46. The lowest BCUT2D eigenvalue weighted by Crippen LogP contribution is -2.27. The van der Waals surface area contributed by atoms with Crippen LogP contribution in [0.25, 0.3) is 6.08 Å². The molecule has 1 aliphatic rings. The number of thioether (sulfide) groups is 1. The minimum absolute atomic E-state index is 0.278. The number of hydrogen-bond donors (Lipinski definition) is 0. The number of likely N-dealkylation sites (N-methyl/N-ethyl adjacent to an activating group) is 1. The van der Waals surface area contributed by atoms with Gasteiger partial charge in [0.2, 0.25) is 0 Å². The number of ether oxygens (including phenoxy) is 2. The predicted molar refractivity (Wildman–Crippen MR) is 112 cm³/mol. The van der Waals surface area contributed by atoms with Gasteiger partial charge in [-0.3, -0.25) is 14.5 Å². The van der Waals surface area contributed by atoms with Crippen LogP contribution < -0.4 is 9.47 Å². The molecule has 0 N–H and O–H groups in total. The van der Waals surface area contributed by atoms with Crippen LogP contribution >= 0.6 is 35.0 Å². The Morgan fingerprint density at radius 3 is 2.46 bits per heavy atom. The Morgan fingerprint density at radius 2 is 1.86 bits per heavy atom. The molecular weight excluding hydrogens is 421 g/mol. The van der Waals surface area contributed by atoms with Gasteiger partial charge in [-0.05, 0) is 60.2 Å². The molecule has 2 aromatic carbocycles. The number of carbonyl (C=O) groups excluding carboxylic acids is 2. The zero-order valence-electron chi connectivity index (χ0n) is 15.2. The highest BCUT2D eigenvalue weighted by atomic mass is 35.5. The van der Waals surface area contributed by atoms with Crippen molar-refractivity contribution in [1.82, 2.24) is 4.90 Å². The maximum Gasteiger partial charge on any atom is 0.293 e. The minimum Gasteiger partial charge on any atom is -0.493 e. The van der Waals surface area contributed by atoms with Gasteiger partial charge in [-0.25, -0.2) is 0 Å². The summed E-state index contributed by atoms with van der Waals surface area (Å²) in [6.07, 6.45) is 1.62. The second kappa shape index (κ2) is 8.90. The SMILES string of the molecule is CCN1C(=O)S/C(=C/c2cc(Cl)c(OCc3ccc(Cl)cc3)c(OC)c2)C1=O. The van der Waals surface area contributed by atoms with E-state index >= 15 is 0 Å². The van der Waals surface area contributed by atoms with Crippen LogP contribution in [-0.2, 0) is 11.4 Å². The highest BCUT2D eigenvalue weighted by Crippen LogP contribution is 2.39. The molecule has 0 aliphatic carbocycles. The number of halogens is 2. The van der Waals surface area contributed by atoms with Crippen LogP contribution in [0.5, 0.6) is 11.5 Å². The smallest absolute Gasteiger partial charge is 0.293 e. The first kappa shape index (κ1) is 20.6. The zero-order chi connectivity index (χ0) is 20.3. The van der Waals surface area contributed by atoms with Crippen LogP contribution in [0, 0.1) is 0 Å². The molecule has 2 amide bonds. The van der Waals surface area contributed by atoms with Crippen molar-refractivity contribution in [3.63, 3.8) is 0 Å². The van der Waals surface area contributed by atoms with Gasteiger partial charge in [0.1, 0.15) is 6.61 Å². The molecule has 1 saturated heterocycles. The van der Waals surface area contributed by atoms with Gasteiger partial charge >= 0.3 is 0 Å². The summed E-state index contributed by atoms with van der Waals surface area (Å²) in [5, 5.41) is 0.713. The molecule has 0 spiro atoms. The molecule has 2 aromatic rings. The number of imide groups is 1. The Morgan fingerprint density at radius 1 is 1.14 bits per heavy atom. The molecule has 5 nitrogen and oxygen atoms in total. The lowest BCUT2D eigenvalue weighted by molar-refractivity contribution is -0.122. The maximum absolute atomic E-state index is 12.3. The van der Waals surface area contributed by atoms with E-state index < -0.39 is 0 Å². The average molecular weight is 438 g/mol. The summed E-state index contributed by atoms with van der Waals surface area (Å²) in [4.78, 5) is 25.6. The van der Waals surface area contributed by atoms with Crippen molar-refractivity contribution in [2.24, 2.45) is 0 Å². The number of nitrogens with zero attached hydrogens (tertiary/aromatic N) is 1. The monoisotopic (exact) mass is 437 g/mol. The largest absolute Gasteiger partial charge is 0.493 e. The van der Waals surface area contributed by atoms with Crippen LogP contribution in [0.4, 0.5) is 4.79 Å². The van der Waals surface area contributed by atoms with E-state index in [4.69, 9.17) is 32.7 Å². The fourth-order valence-electron chi connectivity index (χ4n) is 2.62. The summed E-state index contributed by atoms with van der Waals surface area (Å²) in [5.41, 5.74) is 1.57. The van der Waals surface area contributed by atoms with Gasteiger partial charge in [0.15, 0.2) is 11.5 Å². The number of benzene rings is 2. The summed E-state index contributed by atoms with van der Waals surface area (Å²) in [7, 11) is 1.51. The topological polar surface area (TPSA) is 55.8 Å². The van der Waals surface area contributed by atoms with E-state index in [-0.39, 0.29) is 11.1 Å². The van der Waals surface area contributed by atoms with Crippen molar-refractivity contribution in [1.29, 1.82) is 0 Å². The van der Waals surface area contributed by atoms with Crippen molar-refractivity contribution in [3.05, 3.63) is 62.5 Å². The van der Waals surface area contributed by atoms with Gasteiger partial charge in [0.25, 0.3) is 11.1 Å². The molecule has 0 bridgehead atoms. The third-order valence-corrected chi connectivity index (χ3v) is 5.48. The van der Waals surface area contributed by atoms with Crippen molar-refractivity contribution < 1.29 is 19.1 Å². The van der Waals surface area contributed by atoms with Crippen molar-refractivity contribution in [2.75, 3.05) is 13.7 Å². The average Bonchev–Trinajstić information content (AvgIpc) is 2.94. The highest BCUT2D eigenvalue weighted by Gasteiger charge is 2.33. The number of methoxy groups -OCH3 is 1. The molecule has 3 rings (SSSR count). The van der Waals surface area contributed by atoms with Crippen molar-refractivity contribution in [2.45, 2.75) is 13.5 Å². The standard InChI is InChI=1S/C20H17Cl2NO4S/c1-3-23-19(24)17(28-20(23)25)10-13-8-15(22)18(16(9-13)26-2)27-11-12-4-6-14(21)7-5-12/h4-10H,3,11H2,1-2H3/b17-10+. The number of carbonyl (C=O) groups is 2. The predicted octanol–water partition coefficient (Wildman–Crippen LogP) is 5.64. The Kier molecular flexibility index (Phi) is 6.54. The Bertz CT molecular complexity index is 944. The quantitative estimate of drug-likeness (QED) is 0.547. The third-order valence-electron chi connectivity index (χ3n) is 4.04. The van der Waals surface area contributed by atoms with Crippen LogP contribution in [0.2, 0.25) is 10.0 Å². The van der Waals surface area contributed by atoms with Crippen LogP contribution in [0.1, 0.15) is 18.1 Å². The van der Waals surface area contributed by atoms with E-state index in [0.717, 1.165) is 17.3 Å². The molecule has 28 heavy (non-hydrogen) atoms. The molecule has 146 valence electrons. The first-order chi connectivity index (χ1) is 13.4. The van der Waals surface area contributed by atoms with Crippen LogP contribution in [0.3, 0.4) is 0 Å². The fraction of sp³-hybridized carbons (Fsp3) is 0.200. The van der Waals surface area contributed by atoms with Gasteiger partial charge in [0, 0.05) is 11.6 Å². The lowest BCUT2D eigenvalue weighted by Gasteiger charge is -2.13. The molecule has 1 fully saturated rings. The fourth-order valence-corrected chi connectivity index (χ4v) is 3.93. The molecule has 0 unspecified atom stereocenters. The van der Waals surface area contributed by atoms with Crippen LogP contribution in [-0.4, -0.2) is 29.7 Å². The molecule has 0 radical (unpaired) electrons. The normalized spacial score (nSPS) is 15.4. The number of rotatable bonds is 6. The summed E-state index contributed by atoms with van der Waals surface area (Å²) in [5.74, 6) is 0.524. The minimum atomic E-state index is -0.310. The first-order valence-electron chi connectivity index (χ1n) is 8.43. The van der Waals surface area contributed by atoms with E-state index in [1.54, 1.807) is 37.3 Å². The van der Waals surface area contributed by atoms with Gasteiger partial charge in [-0.1, -0.05) is 35.3 Å². The van der Waals surface area contributed by atoms with Crippen molar-refractivity contribution >= 4 is 52.2 Å². The number of amides is 2. The molecular formula is C20H17Cl2NO4S. The van der Waals surface area contributed by atoms with E-state index in [1.165, 1.54) is 12.0 Å². The van der Waals surface area contributed by atoms with Gasteiger partial charge in [-0.15, -0.1) is 0 Å². The molecule has 1 aliphatic heterocycles. The van der Waals surface area contributed by atoms with Crippen molar-refractivity contribution in [3.8, 4) is 11.5 Å².